The first-order valence-corrected chi connectivity index (χ1v) is 7.82. The minimum absolute atomic E-state index is 0.353. The molecule has 0 aliphatic carbocycles. The highest BCUT2D eigenvalue weighted by Gasteiger charge is 2.21. The van der Waals surface area contributed by atoms with Crippen molar-refractivity contribution in [2.75, 3.05) is 26.2 Å². The van der Waals surface area contributed by atoms with Gasteiger partial charge in [-0.05, 0) is 51.3 Å². The number of aromatic hydroxyl groups is 1. The normalized spacial score (nSPS) is 19.4. The van der Waals surface area contributed by atoms with Crippen LogP contribution in [-0.2, 0) is 6.42 Å². The maximum Gasteiger partial charge on any atom is 0.115 e. The Hall–Kier alpha value is -1.06. The smallest absolute Gasteiger partial charge is 0.115 e. The number of hydrogen-bond donors (Lipinski definition) is 1. The summed E-state index contributed by atoms with van der Waals surface area (Å²) in [7, 11) is 0. The van der Waals surface area contributed by atoms with Crippen LogP contribution in [0.15, 0.2) is 24.3 Å². The second-order valence-corrected chi connectivity index (χ2v) is 6.22. The van der Waals surface area contributed by atoms with E-state index in [-0.39, 0.29) is 0 Å². The highest BCUT2D eigenvalue weighted by Crippen LogP contribution is 2.15. The van der Waals surface area contributed by atoms with E-state index in [1.807, 2.05) is 12.1 Å². The summed E-state index contributed by atoms with van der Waals surface area (Å²) in [5, 5.41) is 9.29. The fraction of sp³-hybridized carbons (Fsp3) is 0.647. The number of piperazine rings is 1. The molecular weight excluding hydrogens is 248 g/mol. The zero-order valence-corrected chi connectivity index (χ0v) is 13.0. The van der Waals surface area contributed by atoms with Gasteiger partial charge in [0.05, 0.1) is 0 Å². The third-order valence-electron chi connectivity index (χ3n) is 4.49. The van der Waals surface area contributed by atoms with E-state index in [0.717, 1.165) is 6.42 Å². The molecule has 1 aromatic carbocycles. The van der Waals surface area contributed by atoms with Gasteiger partial charge < -0.3 is 5.11 Å². The predicted octanol–water partition coefficient (Wildman–Crippen LogP) is 2.74. The second-order valence-electron chi connectivity index (χ2n) is 6.22. The van der Waals surface area contributed by atoms with E-state index < -0.39 is 0 Å². The summed E-state index contributed by atoms with van der Waals surface area (Å²) in [6.45, 7) is 11.7. The van der Waals surface area contributed by atoms with Crippen LogP contribution in [0.2, 0.25) is 0 Å². The molecule has 112 valence electrons. The van der Waals surface area contributed by atoms with Crippen LogP contribution in [0.3, 0.4) is 0 Å². The molecule has 0 spiro atoms. The molecule has 1 aliphatic rings. The van der Waals surface area contributed by atoms with Gasteiger partial charge in [0, 0.05) is 38.3 Å². The molecule has 0 bridgehead atoms. The molecule has 1 aromatic rings. The highest BCUT2D eigenvalue weighted by molar-refractivity contribution is 5.25. The quantitative estimate of drug-likeness (QED) is 0.896. The Labute approximate surface area is 123 Å². The van der Waals surface area contributed by atoms with Crippen LogP contribution in [0.25, 0.3) is 0 Å². The van der Waals surface area contributed by atoms with Crippen molar-refractivity contribution in [3.8, 4) is 5.75 Å². The molecule has 1 aliphatic heterocycles. The third-order valence-corrected chi connectivity index (χ3v) is 4.49. The van der Waals surface area contributed by atoms with Gasteiger partial charge in [0.2, 0.25) is 0 Å². The average molecular weight is 276 g/mol. The number of nitrogens with zero attached hydrogens (tertiary/aromatic N) is 2. The molecule has 1 fully saturated rings. The molecule has 0 saturated carbocycles. The van der Waals surface area contributed by atoms with Gasteiger partial charge in [-0.15, -0.1) is 0 Å². The molecule has 0 radical (unpaired) electrons. The summed E-state index contributed by atoms with van der Waals surface area (Å²) < 4.78 is 0. The summed E-state index contributed by atoms with van der Waals surface area (Å²) in [6, 6.07) is 8.92. The van der Waals surface area contributed by atoms with Crippen molar-refractivity contribution in [3.05, 3.63) is 29.8 Å². The Morgan fingerprint density at radius 2 is 1.50 bits per heavy atom. The topological polar surface area (TPSA) is 26.7 Å². The number of phenolic OH excluding ortho intramolecular Hbond substituents is 1. The first-order valence-electron chi connectivity index (χ1n) is 7.82. The lowest BCUT2D eigenvalue weighted by Crippen LogP contribution is -2.51. The van der Waals surface area contributed by atoms with Crippen LogP contribution in [0, 0.1) is 0 Å². The van der Waals surface area contributed by atoms with Crippen LogP contribution in [-0.4, -0.2) is 53.2 Å². The van der Waals surface area contributed by atoms with Crippen molar-refractivity contribution in [2.45, 2.75) is 45.7 Å². The number of rotatable bonds is 5. The molecule has 3 heteroatoms. The van der Waals surface area contributed by atoms with E-state index >= 15 is 0 Å². The van der Waals surface area contributed by atoms with Crippen molar-refractivity contribution >= 4 is 0 Å². The first-order chi connectivity index (χ1) is 9.56. The van der Waals surface area contributed by atoms with Gasteiger partial charge in [0.15, 0.2) is 0 Å². The molecule has 2 rings (SSSR count). The van der Waals surface area contributed by atoms with Crippen molar-refractivity contribution < 1.29 is 5.11 Å². The Balaban J connectivity index is 1.75. The molecule has 1 atom stereocenters. The standard InChI is InChI=1S/C17H28N2O/c1-14(2)18-10-12-19(13-11-18)15(3)4-5-16-6-8-17(20)9-7-16/h6-9,14-15,20H,4-5,10-13H2,1-3H3. The second kappa shape index (κ2) is 7.09. The van der Waals surface area contributed by atoms with Gasteiger partial charge in [0.1, 0.15) is 5.75 Å². The lowest BCUT2D eigenvalue weighted by atomic mass is 10.0. The van der Waals surface area contributed by atoms with Crippen LogP contribution >= 0.6 is 0 Å². The van der Waals surface area contributed by atoms with Gasteiger partial charge in [-0.1, -0.05) is 12.1 Å². The lowest BCUT2D eigenvalue weighted by Gasteiger charge is -2.39. The Bertz CT molecular complexity index is 394. The minimum Gasteiger partial charge on any atom is -0.508 e. The summed E-state index contributed by atoms with van der Waals surface area (Å²) in [5.74, 6) is 0.353. The van der Waals surface area contributed by atoms with Crippen molar-refractivity contribution in [1.29, 1.82) is 0 Å². The maximum atomic E-state index is 9.29. The summed E-state index contributed by atoms with van der Waals surface area (Å²) in [6.07, 6.45) is 2.28. The van der Waals surface area contributed by atoms with Gasteiger partial charge in [-0.2, -0.15) is 0 Å². The zero-order valence-electron chi connectivity index (χ0n) is 13.0. The maximum absolute atomic E-state index is 9.29. The van der Waals surface area contributed by atoms with E-state index in [2.05, 4.69) is 30.6 Å². The molecular formula is C17H28N2O. The SMILES string of the molecule is CC(C)N1CCN(C(C)CCc2ccc(O)cc2)CC1. The largest absolute Gasteiger partial charge is 0.508 e. The number of hydrogen-bond acceptors (Lipinski definition) is 3. The van der Waals surface area contributed by atoms with E-state index in [1.54, 1.807) is 12.1 Å². The zero-order chi connectivity index (χ0) is 14.5. The Morgan fingerprint density at radius 1 is 0.950 bits per heavy atom. The van der Waals surface area contributed by atoms with E-state index in [0.29, 0.717) is 17.8 Å². The lowest BCUT2D eigenvalue weighted by molar-refractivity contribution is 0.0808. The van der Waals surface area contributed by atoms with Crippen LogP contribution in [0.4, 0.5) is 0 Å². The van der Waals surface area contributed by atoms with E-state index in [9.17, 15) is 5.11 Å². The molecule has 20 heavy (non-hydrogen) atoms. The Kier molecular flexibility index (Phi) is 5.44. The van der Waals surface area contributed by atoms with Crippen molar-refractivity contribution in [1.82, 2.24) is 9.80 Å². The fourth-order valence-electron chi connectivity index (χ4n) is 2.92. The van der Waals surface area contributed by atoms with Crippen LogP contribution in [0.1, 0.15) is 32.8 Å². The predicted molar refractivity (Wildman–Crippen MR) is 84.2 cm³/mol. The molecule has 1 unspecified atom stereocenters. The van der Waals surface area contributed by atoms with Crippen LogP contribution < -0.4 is 0 Å². The number of benzene rings is 1. The van der Waals surface area contributed by atoms with Crippen LogP contribution in [0.5, 0.6) is 5.75 Å². The summed E-state index contributed by atoms with van der Waals surface area (Å²) in [4.78, 5) is 5.17. The third kappa shape index (κ3) is 4.22. The van der Waals surface area contributed by atoms with Gasteiger partial charge in [-0.25, -0.2) is 0 Å². The fourth-order valence-corrected chi connectivity index (χ4v) is 2.92. The average Bonchev–Trinajstić information content (AvgIpc) is 2.46. The van der Waals surface area contributed by atoms with Gasteiger partial charge >= 0.3 is 0 Å². The molecule has 0 aromatic heterocycles. The number of aryl methyl sites for hydroxylation is 1. The van der Waals surface area contributed by atoms with E-state index in [1.165, 1.54) is 38.2 Å². The Morgan fingerprint density at radius 3 is 2.05 bits per heavy atom. The summed E-state index contributed by atoms with van der Waals surface area (Å²) in [5.41, 5.74) is 1.32. The van der Waals surface area contributed by atoms with Crippen molar-refractivity contribution in [2.24, 2.45) is 0 Å². The summed E-state index contributed by atoms with van der Waals surface area (Å²) >= 11 is 0. The highest BCUT2D eigenvalue weighted by atomic mass is 16.3. The number of phenols is 1. The van der Waals surface area contributed by atoms with Gasteiger partial charge in [-0.3, -0.25) is 9.80 Å². The monoisotopic (exact) mass is 276 g/mol. The van der Waals surface area contributed by atoms with Gasteiger partial charge in [0.25, 0.3) is 0 Å². The molecule has 1 saturated heterocycles. The molecule has 3 nitrogen and oxygen atoms in total. The minimum atomic E-state index is 0.353. The molecule has 0 amide bonds. The van der Waals surface area contributed by atoms with E-state index in [4.69, 9.17) is 0 Å². The van der Waals surface area contributed by atoms with Crippen molar-refractivity contribution in [3.63, 3.8) is 0 Å². The molecule has 1 N–H and O–H groups in total. The molecule has 1 heterocycles. The first kappa shape index (κ1) is 15.3.